The maximum Gasteiger partial charge on any atom is 0.161 e. The highest BCUT2D eigenvalue weighted by Crippen LogP contribution is 2.28. The molecule has 0 atom stereocenters. The molecule has 0 saturated heterocycles. The summed E-state index contributed by atoms with van der Waals surface area (Å²) in [6.07, 6.45) is 2.99. The topological polar surface area (TPSA) is 22.0 Å². The molecule has 1 aromatic carbocycles. The van der Waals surface area contributed by atoms with Crippen LogP contribution in [-0.2, 0) is 6.42 Å². The molecule has 0 saturated carbocycles. The molecule has 0 spiro atoms. The monoisotopic (exact) mass is 229 g/mol. The minimum atomic E-state index is 0.141. The Hall–Kier alpha value is -1.57. The van der Waals surface area contributed by atoms with Gasteiger partial charge in [0.15, 0.2) is 5.78 Å². The molecule has 0 aliphatic heterocycles. The largest absolute Gasteiger partial charge is 0.344 e. The minimum Gasteiger partial charge on any atom is -0.344 e. The summed E-state index contributed by atoms with van der Waals surface area (Å²) in [5.74, 6) is 0.141. The number of hydrogen-bond acceptors (Lipinski definition) is 1. The number of nitrogens with zero attached hydrogens (tertiary/aromatic N) is 1. The molecular formula is C15H19NO. The predicted octanol–water partition coefficient (Wildman–Crippen LogP) is 3.99. The highest BCUT2D eigenvalue weighted by atomic mass is 16.1. The van der Waals surface area contributed by atoms with Gasteiger partial charge in [-0.15, -0.1) is 0 Å². The molecule has 2 aromatic rings. The van der Waals surface area contributed by atoms with Gasteiger partial charge in [0.05, 0.1) is 5.52 Å². The van der Waals surface area contributed by atoms with Crippen molar-refractivity contribution in [3.05, 3.63) is 35.5 Å². The number of aryl methyl sites for hydroxylation is 1. The molecule has 2 nitrogen and oxygen atoms in total. The number of carbonyl (C=O) groups is 1. The number of rotatable bonds is 3. The van der Waals surface area contributed by atoms with Gasteiger partial charge in [0.25, 0.3) is 0 Å². The summed E-state index contributed by atoms with van der Waals surface area (Å²) in [6.45, 7) is 8.09. The summed E-state index contributed by atoms with van der Waals surface area (Å²) in [5.41, 5.74) is 3.36. The highest BCUT2D eigenvalue weighted by Gasteiger charge is 2.15. The fourth-order valence-electron chi connectivity index (χ4n) is 2.36. The molecule has 0 bridgehead atoms. The van der Waals surface area contributed by atoms with Crippen molar-refractivity contribution in [2.45, 2.75) is 40.2 Å². The lowest BCUT2D eigenvalue weighted by atomic mass is 10.1. The average molecular weight is 229 g/mol. The van der Waals surface area contributed by atoms with Crippen LogP contribution in [0.3, 0.4) is 0 Å². The molecule has 0 unspecified atom stereocenters. The Morgan fingerprint density at radius 2 is 2.06 bits per heavy atom. The third-order valence-electron chi connectivity index (χ3n) is 3.25. The lowest BCUT2D eigenvalue weighted by Gasteiger charge is -2.11. The van der Waals surface area contributed by atoms with Crippen LogP contribution in [0, 0.1) is 0 Å². The maximum atomic E-state index is 11.7. The summed E-state index contributed by atoms with van der Waals surface area (Å²) in [4.78, 5) is 11.7. The van der Waals surface area contributed by atoms with E-state index in [1.807, 2.05) is 18.3 Å². The molecule has 90 valence electrons. The normalized spacial score (nSPS) is 11.4. The number of fused-ring (bicyclic) bond motifs is 1. The maximum absolute atomic E-state index is 11.7. The van der Waals surface area contributed by atoms with Crippen molar-refractivity contribution < 1.29 is 4.79 Å². The fraction of sp³-hybridized carbons (Fsp3) is 0.400. The Bertz CT molecular complexity index is 564. The van der Waals surface area contributed by atoms with Crippen molar-refractivity contribution in [2.24, 2.45) is 0 Å². The average Bonchev–Trinajstić information content (AvgIpc) is 2.68. The van der Waals surface area contributed by atoms with E-state index in [0.717, 1.165) is 17.4 Å². The van der Waals surface area contributed by atoms with E-state index in [0.29, 0.717) is 6.04 Å². The highest BCUT2D eigenvalue weighted by molar-refractivity contribution is 6.07. The standard InChI is InChI=1S/C15H19NO/c1-5-12-7-6-8-13-14(11(4)17)9-16(10(2)3)15(12)13/h6-10H,5H2,1-4H3. The number of hydrogen-bond donors (Lipinski definition) is 0. The molecule has 2 heteroatoms. The number of para-hydroxylation sites is 1. The van der Waals surface area contributed by atoms with Crippen LogP contribution in [-0.4, -0.2) is 10.4 Å². The summed E-state index contributed by atoms with van der Waals surface area (Å²) < 4.78 is 2.21. The Labute approximate surface area is 102 Å². The van der Waals surface area contributed by atoms with Gasteiger partial charge in [-0.05, 0) is 32.8 Å². The van der Waals surface area contributed by atoms with Crippen molar-refractivity contribution in [3.8, 4) is 0 Å². The Balaban J connectivity index is 2.86. The van der Waals surface area contributed by atoms with E-state index in [9.17, 15) is 4.79 Å². The zero-order chi connectivity index (χ0) is 12.6. The van der Waals surface area contributed by atoms with Crippen molar-refractivity contribution in [3.63, 3.8) is 0 Å². The van der Waals surface area contributed by atoms with Crippen molar-refractivity contribution in [1.82, 2.24) is 4.57 Å². The Kier molecular flexibility index (Phi) is 3.05. The Morgan fingerprint density at radius 1 is 1.35 bits per heavy atom. The first-order chi connectivity index (χ1) is 8.06. The van der Waals surface area contributed by atoms with Gasteiger partial charge in [-0.25, -0.2) is 0 Å². The first kappa shape index (κ1) is 11.9. The number of aromatic nitrogens is 1. The van der Waals surface area contributed by atoms with Crippen LogP contribution in [0.2, 0.25) is 0 Å². The second-order valence-corrected chi connectivity index (χ2v) is 4.77. The van der Waals surface area contributed by atoms with E-state index in [2.05, 4.69) is 31.4 Å². The molecule has 0 aliphatic carbocycles. The molecule has 0 N–H and O–H groups in total. The molecular weight excluding hydrogens is 210 g/mol. The zero-order valence-corrected chi connectivity index (χ0v) is 10.9. The van der Waals surface area contributed by atoms with Gasteiger partial charge < -0.3 is 4.57 Å². The van der Waals surface area contributed by atoms with Gasteiger partial charge in [-0.3, -0.25) is 4.79 Å². The van der Waals surface area contributed by atoms with E-state index < -0.39 is 0 Å². The molecule has 0 fully saturated rings. The van der Waals surface area contributed by atoms with E-state index in [4.69, 9.17) is 0 Å². The lowest BCUT2D eigenvalue weighted by molar-refractivity contribution is 0.101. The van der Waals surface area contributed by atoms with E-state index >= 15 is 0 Å². The molecule has 1 aromatic heterocycles. The molecule has 0 radical (unpaired) electrons. The van der Waals surface area contributed by atoms with Crippen LogP contribution in [0.4, 0.5) is 0 Å². The van der Waals surface area contributed by atoms with Crippen LogP contribution in [0.15, 0.2) is 24.4 Å². The van der Waals surface area contributed by atoms with Crippen molar-refractivity contribution in [2.75, 3.05) is 0 Å². The van der Waals surface area contributed by atoms with Crippen molar-refractivity contribution >= 4 is 16.7 Å². The number of carbonyl (C=O) groups excluding carboxylic acids is 1. The zero-order valence-electron chi connectivity index (χ0n) is 10.9. The van der Waals surface area contributed by atoms with Crippen molar-refractivity contribution in [1.29, 1.82) is 0 Å². The second kappa shape index (κ2) is 4.36. The second-order valence-electron chi connectivity index (χ2n) is 4.77. The van der Waals surface area contributed by atoms with Gasteiger partial charge >= 0.3 is 0 Å². The van der Waals surface area contributed by atoms with Gasteiger partial charge in [-0.1, -0.05) is 25.1 Å². The van der Waals surface area contributed by atoms with E-state index in [1.165, 1.54) is 11.1 Å². The van der Waals surface area contributed by atoms with Crippen LogP contribution in [0.1, 0.15) is 49.7 Å². The third kappa shape index (κ3) is 1.88. The van der Waals surface area contributed by atoms with E-state index in [-0.39, 0.29) is 5.78 Å². The minimum absolute atomic E-state index is 0.141. The van der Waals surface area contributed by atoms with Crippen LogP contribution >= 0.6 is 0 Å². The number of benzene rings is 1. The Morgan fingerprint density at radius 3 is 2.59 bits per heavy atom. The molecule has 1 heterocycles. The number of Topliss-reactive ketones (excluding diaryl/α,β-unsaturated/α-hetero) is 1. The SMILES string of the molecule is CCc1cccc2c(C(C)=O)cn(C(C)C)c12. The first-order valence-electron chi connectivity index (χ1n) is 6.19. The summed E-state index contributed by atoms with van der Waals surface area (Å²) in [7, 11) is 0. The number of ketones is 1. The molecule has 0 amide bonds. The predicted molar refractivity (Wildman–Crippen MR) is 71.7 cm³/mol. The molecule has 0 aliphatic rings. The third-order valence-corrected chi connectivity index (χ3v) is 3.25. The van der Waals surface area contributed by atoms with Gasteiger partial charge in [0.1, 0.15) is 0 Å². The molecule has 2 rings (SSSR count). The summed E-state index contributed by atoms with van der Waals surface area (Å²) >= 11 is 0. The van der Waals surface area contributed by atoms with Gasteiger partial charge in [-0.2, -0.15) is 0 Å². The van der Waals surface area contributed by atoms with Crippen LogP contribution in [0.5, 0.6) is 0 Å². The first-order valence-corrected chi connectivity index (χ1v) is 6.19. The molecule has 17 heavy (non-hydrogen) atoms. The van der Waals surface area contributed by atoms with E-state index in [1.54, 1.807) is 6.92 Å². The van der Waals surface area contributed by atoms with Gasteiger partial charge in [0, 0.05) is 23.2 Å². The summed E-state index contributed by atoms with van der Waals surface area (Å²) in [5, 5.41) is 1.09. The lowest BCUT2D eigenvalue weighted by Crippen LogP contribution is -2.00. The quantitative estimate of drug-likeness (QED) is 0.729. The fourth-order valence-corrected chi connectivity index (χ4v) is 2.36. The summed E-state index contributed by atoms with van der Waals surface area (Å²) in [6, 6.07) is 6.60. The smallest absolute Gasteiger partial charge is 0.161 e. The van der Waals surface area contributed by atoms with Crippen LogP contribution in [0.25, 0.3) is 10.9 Å². The van der Waals surface area contributed by atoms with Gasteiger partial charge in [0.2, 0.25) is 0 Å². The van der Waals surface area contributed by atoms with Crippen LogP contribution < -0.4 is 0 Å².